The summed E-state index contributed by atoms with van der Waals surface area (Å²) in [6.07, 6.45) is 2.96. The lowest BCUT2D eigenvalue weighted by Gasteiger charge is -2.43. The molecule has 0 saturated heterocycles. The summed E-state index contributed by atoms with van der Waals surface area (Å²) < 4.78 is 5.89. The lowest BCUT2D eigenvalue weighted by Crippen LogP contribution is -2.38. The first kappa shape index (κ1) is 11.7. The van der Waals surface area contributed by atoms with Gasteiger partial charge in [-0.1, -0.05) is 51.1 Å². The van der Waals surface area contributed by atoms with Crippen molar-refractivity contribution in [2.75, 3.05) is 0 Å². The van der Waals surface area contributed by atoms with Crippen molar-refractivity contribution in [1.82, 2.24) is 0 Å². The summed E-state index contributed by atoms with van der Waals surface area (Å²) in [6, 6.07) is 10.4. The van der Waals surface area contributed by atoms with Crippen LogP contribution in [0.15, 0.2) is 30.3 Å². The largest absolute Gasteiger partial charge is 0.374 e. The maximum absolute atomic E-state index is 5.89. The molecule has 0 bridgehead atoms. The van der Waals surface area contributed by atoms with Gasteiger partial charge in [-0.25, -0.2) is 0 Å². The number of benzene rings is 1. The van der Waals surface area contributed by atoms with E-state index in [0.717, 1.165) is 12.5 Å². The lowest BCUT2D eigenvalue weighted by atomic mass is 9.67. The van der Waals surface area contributed by atoms with Crippen molar-refractivity contribution < 1.29 is 4.74 Å². The van der Waals surface area contributed by atoms with Gasteiger partial charge in [0, 0.05) is 0 Å². The average molecular weight is 218 g/mol. The Kier molecular flexibility index (Phi) is 3.34. The fourth-order valence-corrected chi connectivity index (χ4v) is 2.20. The number of ether oxygens (including phenoxy) is 1. The third-order valence-corrected chi connectivity index (χ3v) is 3.65. The molecule has 0 atom stereocenters. The predicted molar refractivity (Wildman–Crippen MR) is 67.2 cm³/mol. The summed E-state index contributed by atoms with van der Waals surface area (Å²) in [7, 11) is 0. The Labute approximate surface area is 98.8 Å². The van der Waals surface area contributed by atoms with Crippen molar-refractivity contribution in [2.24, 2.45) is 11.3 Å². The Morgan fingerprint density at radius 2 is 1.75 bits per heavy atom. The highest BCUT2D eigenvalue weighted by molar-refractivity contribution is 5.13. The SMILES string of the molecule is CC(C)(C)C1CC(OCc2ccccc2)C1. The van der Waals surface area contributed by atoms with Crippen molar-refractivity contribution in [3.8, 4) is 0 Å². The third kappa shape index (κ3) is 2.85. The van der Waals surface area contributed by atoms with Crippen LogP contribution in [0.2, 0.25) is 0 Å². The van der Waals surface area contributed by atoms with Crippen LogP contribution < -0.4 is 0 Å². The van der Waals surface area contributed by atoms with E-state index in [0.29, 0.717) is 11.5 Å². The standard InChI is InChI=1S/C15H22O/c1-15(2,3)13-9-14(10-13)16-11-12-7-5-4-6-8-12/h4-8,13-14H,9-11H2,1-3H3. The lowest BCUT2D eigenvalue weighted by molar-refractivity contribution is -0.0697. The summed E-state index contributed by atoms with van der Waals surface area (Å²) in [4.78, 5) is 0. The van der Waals surface area contributed by atoms with Gasteiger partial charge in [-0.05, 0) is 29.7 Å². The molecule has 0 aromatic heterocycles. The number of hydrogen-bond donors (Lipinski definition) is 0. The maximum Gasteiger partial charge on any atom is 0.0720 e. The van der Waals surface area contributed by atoms with Gasteiger partial charge in [0.25, 0.3) is 0 Å². The second-order valence-electron chi connectivity index (χ2n) is 5.95. The molecule has 1 aromatic carbocycles. The van der Waals surface area contributed by atoms with Gasteiger partial charge in [-0.15, -0.1) is 0 Å². The van der Waals surface area contributed by atoms with E-state index in [1.54, 1.807) is 0 Å². The monoisotopic (exact) mass is 218 g/mol. The molecule has 1 nitrogen and oxygen atoms in total. The van der Waals surface area contributed by atoms with Crippen molar-refractivity contribution >= 4 is 0 Å². The van der Waals surface area contributed by atoms with Crippen LogP contribution in [0.3, 0.4) is 0 Å². The molecule has 0 aliphatic heterocycles. The van der Waals surface area contributed by atoms with Gasteiger partial charge in [0.05, 0.1) is 12.7 Å². The summed E-state index contributed by atoms with van der Waals surface area (Å²) >= 11 is 0. The van der Waals surface area contributed by atoms with Crippen LogP contribution in [-0.2, 0) is 11.3 Å². The van der Waals surface area contributed by atoms with Gasteiger partial charge >= 0.3 is 0 Å². The zero-order chi connectivity index (χ0) is 11.6. The quantitative estimate of drug-likeness (QED) is 0.744. The fourth-order valence-electron chi connectivity index (χ4n) is 2.20. The van der Waals surface area contributed by atoms with E-state index in [9.17, 15) is 0 Å². The Bertz CT molecular complexity index is 317. The highest BCUT2D eigenvalue weighted by Crippen LogP contribution is 2.42. The molecular formula is C15H22O. The zero-order valence-corrected chi connectivity index (χ0v) is 10.6. The fraction of sp³-hybridized carbons (Fsp3) is 0.600. The molecule has 1 aliphatic carbocycles. The van der Waals surface area contributed by atoms with E-state index < -0.39 is 0 Å². The summed E-state index contributed by atoms with van der Waals surface area (Å²) in [5.41, 5.74) is 1.73. The molecular weight excluding hydrogens is 196 g/mol. The van der Waals surface area contributed by atoms with E-state index in [1.165, 1.54) is 18.4 Å². The van der Waals surface area contributed by atoms with Gasteiger partial charge in [-0.3, -0.25) is 0 Å². The average Bonchev–Trinajstić information content (AvgIpc) is 2.15. The van der Waals surface area contributed by atoms with E-state index in [1.807, 2.05) is 6.07 Å². The van der Waals surface area contributed by atoms with Crippen molar-refractivity contribution in [3.05, 3.63) is 35.9 Å². The molecule has 1 fully saturated rings. The number of rotatable bonds is 3. The molecule has 1 aromatic rings. The van der Waals surface area contributed by atoms with Crippen LogP contribution >= 0.6 is 0 Å². The van der Waals surface area contributed by atoms with Crippen molar-refractivity contribution in [1.29, 1.82) is 0 Å². The molecule has 88 valence electrons. The molecule has 1 heteroatoms. The predicted octanol–water partition coefficient (Wildman–Crippen LogP) is 4.03. The van der Waals surface area contributed by atoms with Crippen LogP contribution in [0.4, 0.5) is 0 Å². The zero-order valence-electron chi connectivity index (χ0n) is 10.6. The molecule has 1 aliphatic rings. The second-order valence-corrected chi connectivity index (χ2v) is 5.95. The van der Waals surface area contributed by atoms with Crippen molar-refractivity contribution in [2.45, 2.75) is 46.3 Å². The van der Waals surface area contributed by atoms with Gasteiger partial charge in [-0.2, -0.15) is 0 Å². The molecule has 0 radical (unpaired) electrons. The third-order valence-electron chi connectivity index (χ3n) is 3.65. The molecule has 0 N–H and O–H groups in total. The molecule has 16 heavy (non-hydrogen) atoms. The topological polar surface area (TPSA) is 9.23 Å². The highest BCUT2D eigenvalue weighted by Gasteiger charge is 2.37. The number of hydrogen-bond acceptors (Lipinski definition) is 1. The van der Waals surface area contributed by atoms with Crippen LogP contribution in [0.1, 0.15) is 39.2 Å². The van der Waals surface area contributed by atoms with Crippen LogP contribution in [0, 0.1) is 11.3 Å². The highest BCUT2D eigenvalue weighted by atomic mass is 16.5. The van der Waals surface area contributed by atoms with Gasteiger partial charge < -0.3 is 4.74 Å². The first-order valence-electron chi connectivity index (χ1n) is 6.21. The van der Waals surface area contributed by atoms with E-state index in [4.69, 9.17) is 4.74 Å². The van der Waals surface area contributed by atoms with Crippen LogP contribution in [0.5, 0.6) is 0 Å². The summed E-state index contributed by atoms with van der Waals surface area (Å²) in [5, 5.41) is 0. The van der Waals surface area contributed by atoms with E-state index >= 15 is 0 Å². The minimum Gasteiger partial charge on any atom is -0.374 e. The summed E-state index contributed by atoms with van der Waals surface area (Å²) in [6.45, 7) is 7.74. The Morgan fingerprint density at radius 3 is 2.31 bits per heavy atom. The van der Waals surface area contributed by atoms with Crippen LogP contribution in [-0.4, -0.2) is 6.10 Å². The minimum atomic E-state index is 0.451. The first-order valence-corrected chi connectivity index (χ1v) is 6.21. The molecule has 0 unspecified atom stereocenters. The molecule has 0 heterocycles. The maximum atomic E-state index is 5.89. The van der Waals surface area contributed by atoms with Crippen LogP contribution in [0.25, 0.3) is 0 Å². The molecule has 0 amide bonds. The minimum absolute atomic E-state index is 0.451. The van der Waals surface area contributed by atoms with E-state index in [-0.39, 0.29) is 0 Å². The van der Waals surface area contributed by atoms with Gasteiger partial charge in [0.15, 0.2) is 0 Å². The normalized spacial score (nSPS) is 25.2. The van der Waals surface area contributed by atoms with E-state index in [2.05, 4.69) is 45.0 Å². The first-order chi connectivity index (χ1) is 7.55. The Balaban J connectivity index is 1.71. The molecule has 2 rings (SSSR count). The Morgan fingerprint density at radius 1 is 1.12 bits per heavy atom. The molecule has 1 saturated carbocycles. The second kappa shape index (κ2) is 4.58. The van der Waals surface area contributed by atoms with Crippen molar-refractivity contribution in [3.63, 3.8) is 0 Å². The summed E-state index contributed by atoms with van der Waals surface area (Å²) in [5.74, 6) is 0.841. The molecule has 0 spiro atoms. The van der Waals surface area contributed by atoms with Gasteiger partial charge in [0.2, 0.25) is 0 Å². The van der Waals surface area contributed by atoms with Gasteiger partial charge in [0.1, 0.15) is 0 Å². The Hall–Kier alpha value is -0.820. The smallest absolute Gasteiger partial charge is 0.0720 e.